The molecule has 1 saturated heterocycles. The van der Waals surface area contributed by atoms with Crippen LogP contribution in [0.5, 0.6) is 6.01 Å². The van der Waals surface area contributed by atoms with Crippen molar-refractivity contribution in [1.82, 2.24) is 19.8 Å². The number of nitrogens with one attached hydrogen (secondary N) is 1. The molecule has 10 heteroatoms. The first kappa shape index (κ1) is 30.5. The Labute approximate surface area is 254 Å². The van der Waals surface area contributed by atoms with Gasteiger partial charge in [0.15, 0.2) is 0 Å². The Kier molecular flexibility index (Phi) is 9.95. The molecule has 0 bridgehead atoms. The van der Waals surface area contributed by atoms with Gasteiger partial charge in [0.25, 0.3) is 5.91 Å². The third-order valence-electron chi connectivity index (χ3n) is 8.73. The van der Waals surface area contributed by atoms with E-state index in [0.717, 1.165) is 43.0 Å². The van der Waals surface area contributed by atoms with Crippen LogP contribution in [-0.2, 0) is 22.5 Å². The smallest absolute Gasteiger partial charge is 0.318 e. The highest BCUT2D eigenvalue weighted by molar-refractivity contribution is 5.97. The SMILES string of the molecule is COC(C)C(=O)N(CCC#N)CCNc1nc(OC[C@@H]2CCCN2C)nc2c1CCN(c1cccc3cccc(C)c13)C2. The Balaban J connectivity index is 1.39. The van der Waals surface area contributed by atoms with Gasteiger partial charge in [0.05, 0.1) is 24.7 Å². The number of hydrogen-bond donors (Lipinski definition) is 1. The van der Waals surface area contributed by atoms with Gasteiger partial charge >= 0.3 is 6.01 Å². The zero-order valence-corrected chi connectivity index (χ0v) is 25.8. The number of anilines is 2. The van der Waals surface area contributed by atoms with Gasteiger partial charge in [0.1, 0.15) is 18.5 Å². The van der Waals surface area contributed by atoms with Crippen LogP contribution in [0.2, 0.25) is 0 Å². The van der Waals surface area contributed by atoms with Crippen LogP contribution in [0.25, 0.3) is 10.8 Å². The van der Waals surface area contributed by atoms with E-state index in [2.05, 4.69) is 71.6 Å². The molecule has 1 aromatic heterocycles. The maximum Gasteiger partial charge on any atom is 0.318 e. The van der Waals surface area contributed by atoms with Gasteiger partial charge in [-0.15, -0.1) is 0 Å². The van der Waals surface area contributed by atoms with Crippen LogP contribution in [0.4, 0.5) is 11.5 Å². The van der Waals surface area contributed by atoms with Crippen molar-refractivity contribution in [2.75, 3.05) is 63.7 Å². The molecule has 43 heavy (non-hydrogen) atoms. The number of nitriles is 1. The standard InChI is InChI=1S/C33H43N7O3/c1-23-9-5-10-25-11-6-13-29(30(23)25)40-19-14-27-28(21-40)36-33(43-22-26-12-7-17-38(26)3)37-31(27)35-16-20-39(18-8-15-34)32(41)24(2)42-4/h5-6,9-11,13,24,26H,7-8,12,14,16-22H2,1-4H3,(H,35,36,37)/t24?,26-/m0/s1. The van der Waals surface area contributed by atoms with Crippen molar-refractivity contribution >= 4 is 28.2 Å². The Morgan fingerprint density at radius 1 is 1.21 bits per heavy atom. The van der Waals surface area contributed by atoms with Crippen LogP contribution in [0.1, 0.15) is 43.0 Å². The lowest BCUT2D eigenvalue weighted by Gasteiger charge is -2.32. The number of benzene rings is 2. The lowest BCUT2D eigenvalue weighted by Crippen LogP contribution is -2.42. The number of carbonyl (C=O) groups is 1. The summed E-state index contributed by atoms with van der Waals surface area (Å²) < 4.78 is 11.5. The van der Waals surface area contributed by atoms with E-state index in [-0.39, 0.29) is 12.3 Å². The third-order valence-corrected chi connectivity index (χ3v) is 8.73. The summed E-state index contributed by atoms with van der Waals surface area (Å²) in [6.07, 6.45) is 2.76. The van der Waals surface area contributed by atoms with Crippen molar-refractivity contribution < 1.29 is 14.3 Å². The largest absolute Gasteiger partial charge is 0.462 e. The summed E-state index contributed by atoms with van der Waals surface area (Å²) >= 11 is 0. The normalized spacial score (nSPS) is 17.4. The lowest BCUT2D eigenvalue weighted by molar-refractivity contribution is -0.140. The summed E-state index contributed by atoms with van der Waals surface area (Å²) in [7, 11) is 3.65. The van der Waals surface area contributed by atoms with E-state index >= 15 is 0 Å². The van der Waals surface area contributed by atoms with E-state index < -0.39 is 6.10 Å². The Morgan fingerprint density at radius 2 is 2.02 bits per heavy atom. The molecule has 2 aliphatic rings. The van der Waals surface area contributed by atoms with Gasteiger partial charge in [0.2, 0.25) is 0 Å². The van der Waals surface area contributed by atoms with E-state index in [1.165, 1.54) is 35.6 Å². The van der Waals surface area contributed by atoms with Crippen molar-refractivity contribution in [1.29, 1.82) is 5.26 Å². The lowest BCUT2D eigenvalue weighted by atomic mass is 10.00. The van der Waals surface area contributed by atoms with Gasteiger partial charge in [-0.3, -0.25) is 4.79 Å². The minimum atomic E-state index is -0.567. The summed E-state index contributed by atoms with van der Waals surface area (Å²) in [5, 5.41) is 15.1. The molecule has 228 valence electrons. The fraction of sp³-hybridized carbons (Fsp3) is 0.515. The molecule has 3 aromatic rings. The molecule has 1 unspecified atom stereocenters. The number of hydrogen-bond acceptors (Lipinski definition) is 9. The Bertz CT molecular complexity index is 1470. The van der Waals surface area contributed by atoms with E-state index in [4.69, 9.17) is 24.7 Å². The molecule has 0 aliphatic carbocycles. The molecule has 5 rings (SSSR count). The summed E-state index contributed by atoms with van der Waals surface area (Å²) in [6.45, 7) is 8.27. The maximum atomic E-state index is 12.8. The molecular weight excluding hydrogens is 542 g/mol. The number of carbonyl (C=O) groups excluding carboxylic acids is 1. The number of likely N-dealkylation sites (tertiary alicyclic amines) is 1. The predicted molar refractivity (Wildman–Crippen MR) is 168 cm³/mol. The number of methoxy groups -OCH3 is 1. The number of aryl methyl sites for hydroxylation is 1. The summed E-state index contributed by atoms with van der Waals surface area (Å²) in [5.74, 6) is 0.621. The van der Waals surface area contributed by atoms with Crippen molar-refractivity contribution in [3.8, 4) is 12.1 Å². The molecule has 2 aromatic carbocycles. The third kappa shape index (κ3) is 7.00. The number of nitrogens with zero attached hydrogens (tertiary/aromatic N) is 6. The van der Waals surface area contributed by atoms with Crippen molar-refractivity contribution in [3.05, 3.63) is 53.2 Å². The Morgan fingerprint density at radius 3 is 2.77 bits per heavy atom. The molecule has 0 saturated carbocycles. The second-order valence-corrected chi connectivity index (χ2v) is 11.5. The summed E-state index contributed by atoms with van der Waals surface area (Å²) in [6, 6.07) is 15.8. The monoisotopic (exact) mass is 585 g/mol. The highest BCUT2D eigenvalue weighted by Crippen LogP contribution is 2.34. The fourth-order valence-electron chi connectivity index (χ4n) is 6.14. The fourth-order valence-corrected chi connectivity index (χ4v) is 6.14. The molecule has 0 spiro atoms. The van der Waals surface area contributed by atoms with E-state index in [9.17, 15) is 4.79 Å². The quantitative estimate of drug-likeness (QED) is 0.335. The van der Waals surface area contributed by atoms with E-state index in [1.807, 2.05) is 0 Å². The number of rotatable bonds is 12. The first-order chi connectivity index (χ1) is 20.9. The molecular formula is C33H43N7O3. The van der Waals surface area contributed by atoms with Crippen molar-refractivity contribution in [2.24, 2.45) is 0 Å². The number of likely N-dealkylation sites (N-methyl/N-ethyl adjacent to an activating group) is 1. The summed E-state index contributed by atoms with van der Waals surface area (Å²) in [4.78, 5) is 29.0. The summed E-state index contributed by atoms with van der Waals surface area (Å²) in [5.41, 5.74) is 4.50. The van der Waals surface area contributed by atoms with Crippen LogP contribution in [-0.4, -0.2) is 91.3 Å². The van der Waals surface area contributed by atoms with Crippen LogP contribution >= 0.6 is 0 Å². The molecule has 1 N–H and O–H groups in total. The van der Waals surface area contributed by atoms with E-state index in [1.54, 1.807) is 11.8 Å². The minimum Gasteiger partial charge on any atom is -0.462 e. The highest BCUT2D eigenvalue weighted by Gasteiger charge is 2.27. The topological polar surface area (TPSA) is 107 Å². The van der Waals surface area contributed by atoms with Crippen LogP contribution in [0, 0.1) is 18.3 Å². The molecule has 2 atom stereocenters. The first-order valence-electron chi connectivity index (χ1n) is 15.3. The second-order valence-electron chi connectivity index (χ2n) is 11.5. The Hall–Kier alpha value is -3.94. The van der Waals surface area contributed by atoms with Crippen LogP contribution < -0.4 is 15.0 Å². The molecule has 1 amide bonds. The van der Waals surface area contributed by atoms with Gasteiger partial charge < -0.3 is 29.5 Å². The minimum absolute atomic E-state index is 0.130. The molecule has 3 heterocycles. The number of ether oxygens (including phenoxy) is 2. The zero-order chi connectivity index (χ0) is 30.3. The second kappa shape index (κ2) is 14.0. The van der Waals surface area contributed by atoms with Crippen molar-refractivity contribution in [2.45, 2.75) is 58.2 Å². The first-order valence-corrected chi connectivity index (χ1v) is 15.3. The van der Waals surface area contributed by atoms with Gasteiger partial charge in [0, 0.05) is 56.0 Å². The predicted octanol–water partition coefficient (Wildman–Crippen LogP) is 4.16. The maximum absolute atomic E-state index is 12.8. The van der Waals surface area contributed by atoms with Crippen molar-refractivity contribution in [3.63, 3.8) is 0 Å². The molecule has 1 fully saturated rings. The van der Waals surface area contributed by atoms with Gasteiger partial charge in [-0.2, -0.15) is 15.2 Å². The molecule has 0 radical (unpaired) electrons. The number of fused-ring (bicyclic) bond motifs is 2. The number of amides is 1. The zero-order valence-electron chi connectivity index (χ0n) is 25.8. The average Bonchev–Trinajstić information content (AvgIpc) is 3.44. The molecule has 2 aliphatic heterocycles. The van der Waals surface area contributed by atoms with Crippen LogP contribution in [0.3, 0.4) is 0 Å². The number of aromatic nitrogens is 2. The average molecular weight is 586 g/mol. The van der Waals surface area contributed by atoms with Gasteiger partial charge in [-0.25, -0.2) is 0 Å². The van der Waals surface area contributed by atoms with E-state index in [0.29, 0.717) is 44.8 Å². The van der Waals surface area contributed by atoms with Crippen LogP contribution in [0.15, 0.2) is 36.4 Å². The molecule has 10 nitrogen and oxygen atoms in total. The highest BCUT2D eigenvalue weighted by atomic mass is 16.5. The van der Waals surface area contributed by atoms with Gasteiger partial charge in [-0.05, 0) is 63.7 Å². The van der Waals surface area contributed by atoms with Gasteiger partial charge in [-0.1, -0.05) is 30.3 Å².